The molecule has 0 unspecified atom stereocenters. The smallest absolute Gasteiger partial charge is 0.321 e. The second kappa shape index (κ2) is 6.89. The maximum absolute atomic E-state index is 12.3. The molecule has 0 atom stereocenters. The number of aromatic nitrogens is 2. The molecule has 1 aromatic heterocycles. The van der Waals surface area contributed by atoms with Crippen molar-refractivity contribution in [2.75, 3.05) is 11.9 Å². The van der Waals surface area contributed by atoms with Crippen molar-refractivity contribution in [2.24, 2.45) is 5.92 Å². The number of nitrogens with zero attached hydrogens (tertiary/aromatic N) is 2. The van der Waals surface area contributed by atoms with Crippen LogP contribution in [0.5, 0.6) is 0 Å². The summed E-state index contributed by atoms with van der Waals surface area (Å²) in [6.07, 6.45) is 0.666. The van der Waals surface area contributed by atoms with Crippen molar-refractivity contribution in [3.8, 4) is 0 Å². The molecule has 1 fully saturated rings. The molecular formula is C11H16F2N4O2S. The normalized spacial score (nSPS) is 22.8. The number of alkyl halides is 2. The Bertz CT molecular complexity index is 449. The fourth-order valence-corrected chi connectivity index (χ4v) is 2.78. The van der Waals surface area contributed by atoms with Gasteiger partial charge < -0.3 is 10.4 Å². The van der Waals surface area contributed by atoms with Crippen LogP contribution in [0.25, 0.3) is 0 Å². The molecular weight excluding hydrogens is 290 g/mol. The van der Waals surface area contributed by atoms with E-state index in [2.05, 4.69) is 20.8 Å². The van der Waals surface area contributed by atoms with E-state index in [0.29, 0.717) is 17.3 Å². The molecule has 3 N–H and O–H groups in total. The summed E-state index contributed by atoms with van der Waals surface area (Å²) >= 11 is 0.658. The molecule has 1 heterocycles. The van der Waals surface area contributed by atoms with Crippen LogP contribution in [0, 0.1) is 5.92 Å². The first-order valence-electron chi connectivity index (χ1n) is 6.38. The van der Waals surface area contributed by atoms with Gasteiger partial charge in [-0.2, -0.15) is 0 Å². The minimum Gasteiger partial charge on any atom is -0.396 e. The fraction of sp³-hybridized carbons (Fsp3) is 0.727. The highest BCUT2D eigenvalue weighted by atomic mass is 32.1. The molecule has 0 aromatic carbocycles. The number of rotatable bonds is 4. The second-order valence-corrected chi connectivity index (χ2v) is 5.75. The van der Waals surface area contributed by atoms with Gasteiger partial charge in [-0.15, -0.1) is 10.2 Å². The minimum atomic E-state index is -2.68. The third kappa shape index (κ3) is 4.07. The van der Waals surface area contributed by atoms with Crippen LogP contribution in [0.3, 0.4) is 0 Å². The zero-order chi connectivity index (χ0) is 14.5. The number of anilines is 1. The lowest BCUT2D eigenvalue weighted by atomic mass is 9.87. The van der Waals surface area contributed by atoms with Gasteiger partial charge in [0.05, 0.1) is 0 Å². The van der Waals surface area contributed by atoms with Gasteiger partial charge in [-0.25, -0.2) is 13.6 Å². The summed E-state index contributed by atoms with van der Waals surface area (Å²) in [4.78, 5) is 11.7. The van der Waals surface area contributed by atoms with E-state index in [1.165, 1.54) is 0 Å². The van der Waals surface area contributed by atoms with E-state index < -0.39 is 17.5 Å². The monoisotopic (exact) mass is 306 g/mol. The summed E-state index contributed by atoms with van der Waals surface area (Å²) in [6, 6.07) is -0.422. The first kappa shape index (κ1) is 15.0. The summed E-state index contributed by atoms with van der Waals surface area (Å²) in [7, 11) is 0. The van der Waals surface area contributed by atoms with Crippen LogP contribution in [0.1, 0.15) is 37.1 Å². The number of halogens is 2. The molecule has 6 nitrogen and oxygen atoms in total. The lowest BCUT2D eigenvalue weighted by molar-refractivity contribution is 0.150. The molecule has 9 heteroatoms. The van der Waals surface area contributed by atoms with Crippen molar-refractivity contribution >= 4 is 22.5 Å². The number of hydrogen-bond donors (Lipinski definition) is 3. The zero-order valence-corrected chi connectivity index (χ0v) is 11.5. The maximum atomic E-state index is 12.3. The minimum absolute atomic E-state index is 0.0419. The Hall–Kier alpha value is -1.35. The molecule has 112 valence electrons. The van der Waals surface area contributed by atoms with Crippen LogP contribution in [0.2, 0.25) is 0 Å². The summed E-state index contributed by atoms with van der Waals surface area (Å²) in [5, 5.41) is 20.6. The van der Waals surface area contributed by atoms with Gasteiger partial charge >= 0.3 is 6.03 Å². The van der Waals surface area contributed by atoms with E-state index in [1.807, 2.05) is 0 Å². The molecule has 0 aliphatic heterocycles. The molecule has 1 aliphatic carbocycles. The molecule has 0 spiro atoms. The number of aliphatic hydroxyl groups is 1. The van der Waals surface area contributed by atoms with Gasteiger partial charge in [0.1, 0.15) is 0 Å². The third-order valence-corrected chi connectivity index (χ3v) is 4.13. The summed E-state index contributed by atoms with van der Waals surface area (Å²) in [5.74, 6) is 0.313. The average molecular weight is 306 g/mol. The molecule has 20 heavy (non-hydrogen) atoms. The number of carbonyl (C=O) groups excluding carboxylic acids is 1. The average Bonchev–Trinajstić information content (AvgIpc) is 2.88. The lowest BCUT2D eigenvalue weighted by Crippen LogP contribution is -2.40. The predicted molar refractivity (Wildman–Crippen MR) is 69.9 cm³/mol. The maximum Gasteiger partial charge on any atom is 0.321 e. The number of nitrogens with one attached hydrogen (secondary N) is 2. The first-order valence-corrected chi connectivity index (χ1v) is 7.20. The standard InChI is InChI=1S/C11H16F2N4O2S/c12-8(13)9-16-17-11(20-9)15-10(19)14-7-3-1-6(5-18)2-4-7/h6-8,18H,1-5H2,(H2,14,15,17,19). The van der Waals surface area contributed by atoms with Gasteiger partial charge in [-0.05, 0) is 31.6 Å². The number of aliphatic hydroxyl groups excluding tert-OH is 1. The molecule has 1 aromatic rings. The molecule has 1 saturated carbocycles. The van der Waals surface area contributed by atoms with Crippen LogP contribution in [-0.4, -0.2) is 34.0 Å². The summed E-state index contributed by atoms with van der Waals surface area (Å²) in [6.45, 7) is 0.181. The Morgan fingerprint density at radius 3 is 2.60 bits per heavy atom. The Morgan fingerprint density at radius 2 is 2.05 bits per heavy atom. The fourth-order valence-electron chi connectivity index (χ4n) is 2.18. The molecule has 2 amide bonds. The topological polar surface area (TPSA) is 87.1 Å². The van der Waals surface area contributed by atoms with Crippen LogP contribution in [0.15, 0.2) is 0 Å². The van der Waals surface area contributed by atoms with Gasteiger partial charge in [0.2, 0.25) is 5.13 Å². The second-order valence-electron chi connectivity index (χ2n) is 4.74. The third-order valence-electron chi connectivity index (χ3n) is 3.29. The van der Waals surface area contributed by atoms with Gasteiger partial charge in [0, 0.05) is 12.6 Å². The van der Waals surface area contributed by atoms with Crippen LogP contribution in [0.4, 0.5) is 18.7 Å². The molecule has 1 aliphatic rings. The lowest BCUT2D eigenvalue weighted by Gasteiger charge is -2.27. The molecule has 0 bridgehead atoms. The highest BCUT2D eigenvalue weighted by Crippen LogP contribution is 2.26. The van der Waals surface area contributed by atoms with Gasteiger partial charge in [-0.3, -0.25) is 5.32 Å². The van der Waals surface area contributed by atoms with E-state index in [0.717, 1.165) is 25.7 Å². The highest BCUT2D eigenvalue weighted by molar-refractivity contribution is 7.15. The van der Waals surface area contributed by atoms with Crippen LogP contribution in [-0.2, 0) is 0 Å². The van der Waals surface area contributed by atoms with Crippen molar-refractivity contribution in [1.29, 1.82) is 0 Å². The quantitative estimate of drug-likeness (QED) is 0.795. The molecule has 0 radical (unpaired) electrons. The number of carbonyl (C=O) groups is 1. The zero-order valence-electron chi connectivity index (χ0n) is 10.7. The van der Waals surface area contributed by atoms with Crippen LogP contribution >= 0.6 is 11.3 Å². The van der Waals surface area contributed by atoms with Gasteiger partial charge in [0.15, 0.2) is 5.01 Å². The summed E-state index contributed by atoms with van der Waals surface area (Å²) < 4.78 is 24.6. The molecule has 0 saturated heterocycles. The van der Waals surface area contributed by atoms with E-state index >= 15 is 0 Å². The van der Waals surface area contributed by atoms with Crippen molar-refractivity contribution in [2.45, 2.75) is 38.2 Å². The van der Waals surface area contributed by atoms with E-state index in [9.17, 15) is 13.6 Å². The van der Waals surface area contributed by atoms with E-state index in [1.54, 1.807) is 0 Å². The largest absolute Gasteiger partial charge is 0.396 e. The SMILES string of the molecule is O=C(Nc1nnc(C(F)F)s1)NC1CCC(CO)CC1. The Balaban J connectivity index is 1.77. The van der Waals surface area contributed by atoms with Crippen LogP contribution < -0.4 is 10.6 Å². The van der Waals surface area contributed by atoms with Gasteiger partial charge in [-0.1, -0.05) is 11.3 Å². The van der Waals surface area contributed by atoms with Crippen molar-refractivity contribution < 1.29 is 18.7 Å². The van der Waals surface area contributed by atoms with Crippen molar-refractivity contribution in [3.63, 3.8) is 0 Å². The number of urea groups is 1. The van der Waals surface area contributed by atoms with Gasteiger partial charge in [0.25, 0.3) is 6.43 Å². The predicted octanol–water partition coefficient (Wildman–Crippen LogP) is 2.15. The molecule has 2 rings (SSSR count). The van der Waals surface area contributed by atoms with Crippen molar-refractivity contribution in [1.82, 2.24) is 15.5 Å². The highest BCUT2D eigenvalue weighted by Gasteiger charge is 2.22. The Kier molecular flexibility index (Phi) is 5.18. The van der Waals surface area contributed by atoms with E-state index in [-0.39, 0.29) is 17.8 Å². The number of amides is 2. The van der Waals surface area contributed by atoms with Crippen molar-refractivity contribution in [3.05, 3.63) is 5.01 Å². The number of hydrogen-bond acceptors (Lipinski definition) is 5. The van der Waals surface area contributed by atoms with E-state index in [4.69, 9.17) is 5.11 Å². The first-order chi connectivity index (χ1) is 9.58. The Morgan fingerprint density at radius 1 is 1.35 bits per heavy atom. The summed E-state index contributed by atoms with van der Waals surface area (Å²) in [5.41, 5.74) is 0. The Labute approximate surface area is 118 Å².